The van der Waals surface area contributed by atoms with E-state index in [2.05, 4.69) is 10.4 Å². The third-order valence-corrected chi connectivity index (χ3v) is 2.67. The quantitative estimate of drug-likeness (QED) is 0.779. The fourth-order valence-electron chi connectivity index (χ4n) is 1.50. The van der Waals surface area contributed by atoms with Crippen molar-refractivity contribution in [3.8, 4) is 0 Å². The van der Waals surface area contributed by atoms with Gasteiger partial charge < -0.3 is 10.1 Å². The molecule has 0 amide bonds. The van der Waals surface area contributed by atoms with E-state index in [0.717, 1.165) is 12.8 Å². The van der Waals surface area contributed by atoms with Crippen molar-refractivity contribution in [3.05, 3.63) is 17.4 Å². The van der Waals surface area contributed by atoms with Gasteiger partial charge in [-0.3, -0.25) is 9.48 Å². The standard InChI is InChI=1S/C10H14ClN3O2/c1-16-10(15)9(13-8-2-3-8)6-14-5-7(11)4-12-14/h4-5,8-9,13H,2-3,6H2,1H3. The van der Waals surface area contributed by atoms with Crippen molar-refractivity contribution in [2.24, 2.45) is 0 Å². The van der Waals surface area contributed by atoms with Crippen molar-refractivity contribution in [3.63, 3.8) is 0 Å². The minimum absolute atomic E-state index is 0.265. The molecule has 16 heavy (non-hydrogen) atoms. The Bertz CT molecular complexity index is 376. The van der Waals surface area contributed by atoms with Crippen molar-refractivity contribution >= 4 is 17.6 Å². The number of hydrogen-bond acceptors (Lipinski definition) is 4. The number of ether oxygens (including phenoxy) is 1. The normalized spacial score (nSPS) is 17.1. The van der Waals surface area contributed by atoms with Gasteiger partial charge in [0.2, 0.25) is 0 Å². The van der Waals surface area contributed by atoms with Crippen LogP contribution in [0.15, 0.2) is 12.4 Å². The second-order valence-corrected chi connectivity index (χ2v) is 4.33. The Labute approximate surface area is 98.7 Å². The number of nitrogens with zero attached hydrogens (tertiary/aromatic N) is 2. The monoisotopic (exact) mass is 243 g/mol. The molecule has 1 aliphatic rings. The summed E-state index contributed by atoms with van der Waals surface area (Å²) in [4.78, 5) is 11.5. The summed E-state index contributed by atoms with van der Waals surface area (Å²) in [6.07, 6.45) is 5.47. The number of carbonyl (C=O) groups excluding carboxylic acids is 1. The first-order valence-electron chi connectivity index (χ1n) is 5.21. The first-order chi connectivity index (χ1) is 7.69. The molecule has 0 bridgehead atoms. The molecule has 0 aliphatic heterocycles. The highest BCUT2D eigenvalue weighted by Gasteiger charge is 2.29. The first-order valence-corrected chi connectivity index (χ1v) is 5.58. The van der Waals surface area contributed by atoms with Gasteiger partial charge in [-0.25, -0.2) is 0 Å². The van der Waals surface area contributed by atoms with Crippen LogP contribution in [-0.2, 0) is 16.1 Å². The molecule has 1 N–H and O–H groups in total. The van der Waals surface area contributed by atoms with Crippen molar-refractivity contribution in [2.45, 2.75) is 31.5 Å². The molecule has 0 radical (unpaired) electrons. The fraction of sp³-hybridized carbons (Fsp3) is 0.600. The van der Waals surface area contributed by atoms with Crippen molar-refractivity contribution in [1.82, 2.24) is 15.1 Å². The van der Waals surface area contributed by atoms with Crippen LogP contribution >= 0.6 is 11.6 Å². The lowest BCUT2D eigenvalue weighted by Crippen LogP contribution is -2.42. The molecule has 1 saturated carbocycles. The van der Waals surface area contributed by atoms with Gasteiger partial charge in [0.1, 0.15) is 6.04 Å². The number of methoxy groups -OCH3 is 1. The predicted octanol–water partition coefficient (Wildman–Crippen LogP) is 0.830. The van der Waals surface area contributed by atoms with Gasteiger partial charge in [-0.1, -0.05) is 11.6 Å². The van der Waals surface area contributed by atoms with Gasteiger partial charge in [-0.2, -0.15) is 5.10 Å². The molecule has 6 heteroatoms. The van der Waals surface area contributed by atoms with E-state index in [0.29, 0.717) is 17.6 Å². The fourth-order valence-corrected chi connectivity index (χ4v) is 1.65. The Morgan fingerprint density at radius 3 is 3.06 bits per heavy atom. The summed E-state index contributed by atoms with van der Waals surface area (Å²) >= 11 is 5.76. The average molecular weight is 244 g/mol. The minimum atomic E-state index is -0.353. The molecule has 1 aromatic rings. The number of halogens is 1. The van der Waals surface area contributed by atoms with E-state index in [1.165, 1.54) is 7.11 Å². The Morgan fingerprint density at radius 2 is 2.56 bits per heavy atom. The van der Waals surface area contributed by atoms with Gasteiger partial charge >= 0.3 is 5.97 Å². The maximum absolute atomic E-state index is 11.5. The van der Waals surface area contributed by atoms with E-state index < -0.39 is 0 Å². The lowest BCUT2D eigenvalue weighted by atomic mass is 10.3. The van der Waals surface area contributed by atoms with E-state index in [4.69, 9.17) is 16.3 Å². The van der Waals surface area contributed by atoms with Crippen LogP contribution in [0.5, 0.6) is 0 Å². The van der Waals surface area contributed by atoms with Crippen molar-refractivity contribution in [2.75, 3.05) is 7.11 Å². The Balaban J connectivity index is 1.97. The van der Waals surface area contributed by atoms with Gasteiger partial charge in [-0.15, -0.1) is 0 Å². The van der Waals surface area contributed by atoms with E-state index >= 15 is 0 Å². The topological polar surface area (TPSA) is 56.2 Å². The van der Waals surface area contributed by atoms with Crippen molar-refractivity contribution in [1.29, 1.82) is 0 Å². The largest absolute Gasteiger partial charge is 0.468 e. The molecule has 88 valence electrons. The molecule has 5 nitrogen and oxygen atoms in total. The minimum Gasteiger partial charge on any atom is -0.468 e. The molecule has 1 atom stereocenters. The number of esters is 1. The van der Waals surface area contributed by atoms with Crippen molar-refractivity contribution < 1.29 is 9.53 Å². The Hall–Kier alpha value is -1.07. The molecular formula is C10H14ClN3O2. The maximum atomic E-state index is 11.5. The van der Waals surface area contributed by atoms with Gasteiger partial charge in [0.15, 0.2) is 0 Å². The lowest BCUT2D eigenvalue weighted by molar-refractivity contribution is -0.143. The lowest BCUT2D eigenvalue weighted by Gasteiger charge is -2.15. The third-order valence-electron chi connectivity index (χ3n) is 2.47. The van der Waals surface area contributed by atoms with Crippen LogP contribution in [0.4, 0.5) is 0 Å². The maximum Gasteiger partial charge on any atom is 0.324 e. The molecular weight excluding hydrogens is 230 g/mol. The van der Waals surface area contributed by atoms with Gasteiger partial charge in [0, 0.05) is 12.2 Å². The second kappa shape index (κ2) is 4.84. The van der Waals surface area contributed by atoms with Crippen LogP contribution < -0.4 is 5.32 Å². The van der Waals surface area contributed by atoms with E-state index in [1.54, 1.807) is 17.1 Å². The zero-order valence-corrected chi connectivity index (χ0v) is 9.78. The number of aromatic nitrogens is 2. The highest BCUT2D eigenvalue weighted by Crippen LogP contribution is 2.20. The molecule has 1 unspecified atom stereocenters. The summed E-state index contributed by atoms with van der Waals surface area (Å²) in [5, 5.41) is 7.82. The van der Waals surface area contributed by atoms with Crippen LogP contribution in [-0.4, -0.2) is 34.9 Å². The highest BCUT2D eigenvalue weighted by molar-refractivity contribution is 6.30. The number of rotatable bonds is 5. The zero-order valence-electron chi connectivity index (χ0n) is 9.02. The summed E-state index contributed by atoms with van der Waals surface area (Å²) in [7, 11) is 1.39. The van der Waals surface area contributed by atoms with Crippen LogP contribution in [0.1, 0.15) is 12.8 Å². The molecule has 0 aromatic carbocycles. The Kier molecular flexibility index (Phi) is 3.46. The smallest absolute Gasteiger partial charge is 0.324 e. The molecule has 0 saturated heterocycles. The van der Waals surface area contributed by atoms with Crippen LogP contribution in [0, 0.1) is 0 Å². The van der Waals surface area contributed by atoms with Crippen LogP contribution in [0.3, 0.4) is 0 Å². The van der Waals surface area contributed by atoms with Gasteiger partial charge in [0.25, 0.3) is 0 Å². The van der Waals surface area contributed by atoms with E-state index in [9.17, 15) is 4.79 Å². The van der Waals surface area contributed by atoms with E-state index in [-0.39, 0.29) is 12.0 Å². The molecule has 1 fully saturated rings. The van der Waals surface area contributed by atoms with Gasteiger partial charge in [0.05, 0.1) is 24.9 Å². The number of nitrogens with one attached hydrogen (secondary N) is 1. The first kappa shape index (κ1) is 11.4. The second-order valence-electron chi connectivity index (χ2n) is 3.90. The SMILES string of the molecule is COC(=O)C(Cn1cc(Cl)cn1)NC1CC1. The molecule has 1 aliphatic carbocycles. The summed E-state index contributed by atoms with van der Waals surface area (Å²) < 4.78 is 6.38. The number of carbonyl (C=O) groups is 1. The Morgan fingerprint density at radius 1 is 1.81 bits per heavy atom. The zero-order chi connectivity index (χ0) is 11.5. The summed E-state index contributed by atoms with van der Waals surface area (Å²) in [5.41, 5.74) is 0. The summed E-state index contributed by atoms with van der Waals surface area (Å²) in [5.74, 6) is -0.265. The van der Waals surface area contributed by atoms with E-state index in [1.807, 2.05) is 0 Å². The van der Waals surface area contributed by atoms with Crippen LogP contribution in [0.25, 0.3) is 0 Å². The average Bonchev–Trinajstić information content (AvgIpc) is 2.99. The van der Waals surface area contributed by atoms with Crippen LogP contribution in [0.2, 0.25) is 5.02 Å². The molecule has 1 heterocycles. The molecule has 0 spiro atoms. The summed E-state index contributed by atoms with van der Waals surface area (Å²) in [6, 6.07) is 0.0867. The third kappa shape index (κ3) is 2.96. The highest BCUT2D eigenvalue weighted by atomic mass is 35.5. The molecule has 1 aromatic heterocycles. The summed E-state index contributed by atoms with van der Waals surface area (Å²) in [6.45, 7) is 0.440. The molecule has 2 rings (SSSR count). The van der Waals surface area contributed by atoms with Gasteiger partial charge in [-0.05, 0) is 12.8 Å². The number of hydrogen-bond donors (Lipinski definition) is 1. The predicted molar refractivity (Wildman–Crippen MR) is 59.2 cm³/mol.